The van der Waals surface area contributed by atoms with E-state index >= 15 is 0 Å². The van der Waals surface area contributed by atoms with Gasteiger partial charge < -0.3 is 15.2 Å². The van der Waals surface area contributed by atoms with Crippen LogP contribution in [0.3, 0.4) is 0 Å². The number of benzene rings is 3. The van der Waals surface area contributed by atoms with Gasteiger partial charge in [-0.05, 0) is 60.7 Å². The van der Waals surface area contributed by atoms with E-state index in [0.717, 1.165) is 34.4 Å². The average molecular weight is 509 g/mol. The van der Waals surface area contributed by atoms with E-state index in [1.54, 1.807) is 18.3 Å². The lowest BCUT2D eigenvalue weighted by Crippen LogP contribution is -2.23. The monoisotopic (exact) mass is 508 g/mol. The number of carbonyl (C=O) groups is 2. The normalized spacial score (nSPS) is 11.5. The van der Waals surface area contributed by atoms with E-state index < -0.39 is 11.9 Å². The summed E-state index contributed by atoms with van der Waals surface area (Å²) < 4.78 is 5.92. The van der Waals surface area contributed by atoms with E-state index in [1.807, 2.05) is 85.8 Å². The maximum absolute atomic E-state index is 12.9. The Bertz CT molecular complexity index is 1340. The number of rotatable bonds is 12. The summed E-state index contributed by atoms with van der Waals surface area (Å²) in [5, 5.41) is 12.8. The molecule has 0 aliphatic heterocycles. The van der Waals surface area contributed by atoms with Crippen LogP contribution in [-0.4, -0.2) is 28.6 Å². The molecule has 0 unspecified atom stereocenters. The minimum Gasteiger partial charge on any atom is -0.493 e. The maximum atomic E-state index is 12.9. The standard InChI is InChI=1S/C32H32N2O4/c1-2-18-38-30-16-11-24(20-27(32(36)37)19-23-8-4-3-5-9-23)21-28(30)22-34-31(35)26-14-12-25(13-15-26)29-10-6-7-17-33-29/h3-17,21,27H,2,18-20,22H2,1H3,(H,34,35)(H,36,37)/t27-/m1/s1. The highest BCUT2D eigenvalue weighted by Gasteiger charge is 2.20. The van der Waals surface area contributed by atoms with Gasteiger partial charge in [0, 0.05) is 29.4 Å². The zero-order chi connectivity index (χ0) is 26.7. The number of nitrogens with zero attached hydrogens (tertiary/aromatic N) is 1. The third-order valence-electron chi connectivity index (χ3n) is 6.29. The largest absolute Gasteiger partial charge is 0.493 e. The first-order valence-electron chi connectivity index (χ1n) is 12.8. The second-order valence-corrected chi connectivity index (χ2v) is 9.19. The SMILES string of the molecule is CCCOc1ccc(C[C@@H](Cc2ccccc2)C(=O)O)cc1CNC(=O)c1ccc(-c2ccccn2)cc1. The van der Waals surface area contributed by atoms with Crippen molar-refractivity contribution in [3.63, 3.8) is 0 Å². The molecule has 3 aromatic carbocycles. The summed E-state index contributed by atoms with van der Waals surface area (Å²) in [4.78, 5) is 29.2. The lowest BCUT2D eigenvalue weighted by atomic mass is 9.92. The third kappa shape index (κ3) is 7.29. The zero-order valence-electron chi connectivity index (χ0n) is 21.5. The van der Waals surface area contributed by atoms with Gasteiger partial charge in [0.15, 0.2) is 0 Å². The summed E-state index contributed by atoms with van der Waals surface area (Å²) in [7, 11) is 0. The molecule has 1 heterocycles. The molecule has 0 aliphatic rings. The molecule has 0 fully saturated rings. The number of hydrogen-bond donors (Lipinski definition) is 2. The molecule has 0 radical (unpaired) electrons. The number of nitrogens with one attached hydrogen (secondary N) is 1. The van der Waals surface area contributed by atoms with E-state index in [-0.39, 0.29) is 12.5 Å². The fourth-order valence-corrected chi connectivity index (χ4v) is 4.28. The minimum absolute atomic E-state index is 0.197. The Morgan fingerprint density at radius 2 is 1.63 bits per heavy atom. The van der Waals surface area contributed by atoms with Crippen LogP contribution in [0.5, 0.6) is 5.75 Å². The van der Waals surface area contributed by atoms with E-state index in [2.05, 4.69) is 10.3 Å². The Kier molecular flexibility index (Phi) is 9.24. The summed E-state index contributed by atoms with van der Waals surface area (Å²) >= 11 is 0. The van der Waals surface area contributed by atoms with Gasteiger partial charge in [-0.25, -0.2) is 0 Å². The van der Waals surface area contributed by atoms with Crippen molar-refractivity contribution in [2.45, 2.75) is 32.7 Å². The second-order valence-electron chi connectivity index (χ2n) is 9.19. The van der Waals surface area contributed by atoms with Gasteiger partial charge in [0.2, 0.25) is 0 Å². The van der Waals surface area contributed by atoms with Crippen molar-refractivity contribution in [3.8, 4) is 17.0 Å². The van der Waals surface area contributed by atoms with Crippen LogP contribution in [0.2, 0.25) is 0 Å². The fourth-order valence-electron chi connectivity index (χ4n) is 4.28. The van der Waals surface area contributed by atoms with Gasteiger partial charge >= 0.3 is 5.97 Å². The molecule has 2 N–H and O–H groups in total. The van der Waals surface area contributed by atoms with E-state index in [1.165, 1.54) is 0 Å². The first-order chi connectivity index (χ1) is 18.5. The molecule has 1 aromatic heterocycles. The van der Waals surface area contributed by atoms with Crippen LogP contribution in [0.25, 0.3) is 11.3 Å². The lowest BCUT2D eigenvalue weighted by Gasteiger charge is -2.16. The summed E-state index contributed by atoms with van der Waals surface area (Å²) in [5.41, 5.74) is 5.03. The smallest absolute Gasteiger partial charge is 0.307 e. The van der Waals surface area contributed by atoms with E-state index in [9.17, 15) is 14.7 Å². The number of carbonyl (C=O) groups excluding carboxylic acids is 1. The molecular formula is C32H32N2O4. The Balaban J connectivity index is 1.46. The molecule has 4 rings (SSSR count). The molecule has 38 heavy (non-hydrogen) atoms. The number of hydrogen-bond acceptors (Lipinski definition) is 4. The number of pyridine rings is 1. The van der Waals surface area contributed by atoms with Crippen LogP contribution in [-0.2, 0) is 24.2 Å². The highest BCUT2D eigenvalue weighted by molar-refractivity contribution is 5.94. The molecule has 6 heteroatoms. The topological polar surface area (TPSA) is 88.5 Å². The predicted octanol–water partition coefficient (Wildman–Crippen LogP) is 5.95. The van der Waals surface area contributed by atoms with E-state index in [0.29, 0.717) is 30.8 Å². The number of aromatic nitrogens is 1. The van der Waals surface area contributed by atoms with Crippen LogP contribution >= 0.6 is 0 Å². The molecule has 0 spiro atoms. The van der Waals surface area contributed by atoms with Gasteiger partial charge in [-0.15, -0.1) is 0 Å². The molecule has 4 aromatic rings. The molecule has 0 bridgehead atoms. The average Bonchev–Trinajstić information content (AvgIpc) is 2.96. The first-order valence-corrected chi connectivity index (χ1v) is 12.8. The fraction of sp³-hybridized carbons (Fsp3) is 0.219. The van der Waals surface area contributed by atoms with Crippen LogP contribution in [0.1, 0.15) is 40.4 Å². The predicted molar refractivity (Wildman–Crippen MR) is 148 cm³/mol. The van der Waals surface area contributed by atoms with Crippen molar-refractivity contribution >= 4 is 11.9 Å². The number of amides is 1. The van der Waals surface area contributed by atoms with Crippen molar-refractivity contribution < 1.29 is 19.4 Å². The van der Waals surface area contributed by atoms with Gasteiger partial charge in [-0.1, -0.05) is 67.6 Å². The maximum Gasteiger partial charge on any atom is 0.307 e. The third-order valence-corrected chi connectivity index (χ3v) is 6.29. The van der Waals surface area contributed by atoms with Gasteiger partial charge in [-0.2, -0.15) is 0 Å². The Morgan fingerprint density at radius 1 is 0.895 bits per heavy atom. The quantitative estimate of drug-likeness (QED) is 0.247. The summed E-state index contributed by atoms with van der Waals surface area (Å²) in [6, 6.07) is 28.4. The second kappa shape index (κ2) is 13.2. The summed E-state index contributed by atoms with van der Waals surface area (Å²) in [5.74, 6) is -0.891. The molecule has 0 saturated carbocycles. The van der Waals surface area contributed by atoms with Crippen molar-refractivity contribution in [2.75, 3.05) is 6.61 Å². The Labute approximate surface area is 223 Å². The molecule has 0 aliphatic carbocycles. The molecule has 6 nitrogen and oxygen atoms in total. The van der Waals surface area contributed by atoms with E-state index in [4.69, 9.17) is 4.74 Å². The first kappa shape index (κ1) is 26.6. The summed E-state index contributed by atoms with van der Waals surface area (Å²) in [6.45, 7) is 2.86. The highest BCUT2D eigenvalue weighted by Crippen LogP contribution is 2.24. The van der Waals surface area contributed by atoms with Crippen LogP contribution in [0.4, 0.5) is 0 Å². The van der Waals surface area contributed by atoms with Crippen LogP contribution < -0.4 is 10.1 Å². The Hall–Kier alpha value is -4.45. The van der Waals surface area contributed by atoms with Gasteiger partial charge in [0.05, 0.1) is 18.2 Å². The molecular weight excluding hydrogens is 476 g/mol. The molecule has 0 saturated heterocycles. The number of carboxylic acid groups (broad SMARTS) is 1. The van der Waals surface area contributed by atoms with Gasteiger partial charge in [-0.3, -0.25) is 14.6 Å². The van der Waals surface area contributed by atoms with Crippen molar-refractivity contribution in [3.05, 3.63) is 119 Å². The van der Waals surface area contributed by atoms with Crippen LogP contribution in [0.15, 0.2) is 97.2 Å². The highest BCUT2D eigenvalue weighted by atomic mass is 16.5. The molecule has 194 valence electrons. The number of carboxylic acids is 1. The zero-order valence-corrected chi connectivity index (χ0v) is 21.5. The number of ether oxygens (including phenoxy) is 1. The Morgan fingerprint density at radius 3 is 2.32 bits per heavy atom. The summed E-state index contributed by atoms with van der Waals surface area (Å²) in [6.07, 6.45) is 3.43. The van der Waals surface area contributed by atoms with Crippen LogP contribution in [0, 0.1) is 5.92 Å². The molecule has 1 amide bonds. The molecule has 1 atom stereocenters. The van der Waals surface area contributed by atoms with Crippen molar-refractivity contribution in [1.82, 2.24) is 10.3 Å². The van der Waals surface area contributed by atoms with Gasteiger partial charge in [0.1, 0.15) is 5.75 Å². The number of aliphatic carboxylic acids is 1. The van der Waals surface area contributed by atoms with Crippen molar-refractivity contribution in [2.24, 2.45) is 5.92 Å². The van der Waals surface area contributed by atoms with Gasteiger partial charge in [0.25, 0.3) is 5.91 Å². The van der Waals surface area contributed by atoms with Crippen molar-refractivity contribution in [1.29, 1.82) is 0 Å². The lowest BCUT2D eigenvalue weighted by molar-refractivity contribution is -0.141. The minimum atomic E-state index is -0.829.